The SMILES string of the molecule is CC(CO)N(C)C(=O)C1CCCCC1. The molecule has 1 aliphatic carbocycles. The van der Waals surface area contributed by atoms with Gasteiger partial charge in [-0.3, -0.25) is 4.79 Å². The van der Waals surface area contributed by atoms with Gasteiger partial charge < -0.3 is 10.0 Å². The highest BCUT2D eigenvalue weighted by Crippen LogP contribution is 2.25. The van der Waals surface area contributed by atoms with Crippen molar-refractivity contribution in [2.75, 3.05) is 13.7 Å². The van der Waals surface area contributed by atoms with Crippen LogP contribution in [0, 0.1) is 5.92 Å². The number of hydrogen-bond donors (Lipinski definition) is 1. The van der Waals surface area contributed by atoms with Crippen molar-refractivity contribution < 1.29 is 9.90 Å². The van der Waals surface area contributed by atoms with Crippen molar-refractivity contribution in [2.24, 2.45) is 5.92 Å². The smallest absolute Gasteiger partial charge is 0.225 e. The number of amides is 1. The van der Waals surface area contributed by atoms with E-state index in [9.17, 15) is 4.79 Å². The first-order valence-corrected chi connectivity index (χ1v) is 5.54. The minimum absolute atomic E-state index is 0.0506. The maximum absolute atomic E-state index is 11.9. The molecule has 0 saturated heterocycles. The van der Waals surface area contributed by atoms with E-state index in [1.165, 1.54) is 19.3 Å². The molecule has 1 saturated carbocycles. The molecule has 82 valence electrons. The summed E-state index contributed by atoms with van der Waals surface area (Å²) in [5.74, 6) is 0.425. The number of carbonyl (C=O) groups excluding carboxylic acids is 1. The van der Waals surface area contributed by atoms with Gasteiger partial charge in [-0.1, -0.05) is 19.3 Å². The van der Waals surface area contributed by atoms with Crippen molar-refractivity contribution in [1.29, 1.82) is 0 Å². The van der Waals surface area contributed by atoms with E-state index in [0.29, 0.717) is 0 Å². The first-order chi connectivity index (χ1) is 6.66. The van der Waals surface area contributed by atoms with Gasteiger partial charge in [0.1, 0.15) is 0 Å². The minimum Gasteiger partial charge on any atom is -0.394 e. The van der Waals surface area contributed by atoms with Crippen LogP contribution in [-0.4, -0.2) is 35.6 Å². The number of rotatable bonds is 3. The lowest BCUT2D eigenvalue weighted by Crippen LogP contribution is -2.41. The van der Waals surface area contributed by atoms with Crippen LogP contribution in [-0.2, 0) is 4.79 Å². The molecule has 0 spiro atoms. The molecule has 14 heavy (non-hydrogen) atoms. The van der Waals surface area contributed by atoms with Crippen LogP contribution >= 0.6 is 0 Å². The summed E-state index contributed by atoms with van der Waals surface area (Å²) in [6.45, 7) is 1.93. The summed E-state index contributed by atoms with van der Waals surface area (Å²) in [6, 6.07) is -0.0515. The Kier molecular flexibility index (Phi) is 4.39. The second-order valence-corrected chi connectivity index (χ2v) is 4.32. The monoisotopic (exact) mass is 199 g/mol. The van der Waals surface area contributed by atoms with Gasteiger partial charge in [0.25, 0.3) is 0 Å². The van der Waals surface area contributed by atoms with E-state index in [-0.39, 0.29) is 24.5 Å². The summed E-state index contributed by atoms with van der Waals surface area (Å²) >= 11 is 0. The first-order valence-electron chi connectivity index (χ1n) is 5.54. The van der Waals surface area contributed by atoms with Gasteiger partial charge in [-0.25, -0.2) is 0 Å². The molecule has 0 aromatic heterocycles. The quantitative estimate of drug-likeness (QED) is 0.746. The van der Waals surface area contributed by atoms with E-state index in [1.54, 1.807) is 11.9 Å². The summed E-state index contributed by atoms with van der Waals surface area (Å²) in [7, 11) is 1.79. The zero-order valence-electron chi connectivity index (χ0n) is 9.20. The van der Waals surface area contributed by atoms with Crippen molar-refractivity contribution >= 4 is 5.91 Å². The minimum atomic E-state index is -0.0515. The van der Waals surface area contributed by atoms with Crippen LogP contribution in [0.5, 0.6) is 0 Å². The predicted molar refractivity (Wildman–Crippen MR) is 55.9 cm³/mol. The summed E-state index contributed by atoms with van der Waals surface area (Å²) in [4.78, 5) is 13.6. The van der Waals surface area contributed by atoms with Crippen molar-refractivity contribution in [1.82, 2.24) is 4.90 Å². The molecule has 0 aromatic carbocycles. The molecule has 1 N–H and O–H groups in total. The number of nitrogens with zero attached hydrogens (tertiary/aromatic N) is 1. The summed E-state index contributed by atoms with van der Waals surface area (Å²) in [5.41, 5.74) is 0. The van der Waals surface area contributed by atoms with Gasteiger partial charge in [0.05, 0.1) is 12.6 Å². The largest absolute Gasteiger partial charge is 0.394 e. The predicted octanol–water partition coefficient (Wildman–Crippen LogP) is 1.41. The lowest BCUT2D eigenvalue weighted by atomic mass is 9.88. The summed E-state index contributed by atoms with van der Waals surface area (Å²) < 4.78 is 0. The average molecular weight is 199 g/mol. The third-order valence-electron chi connectivity index (χ3n) is 3.23. The van der Waals surface area contributed by atoms with Crippen molar-refractivity contribution in [3.63, 3.8) is 0 Å². The van der Waals surface area contributed by atoms with E-state index in [1.807, 2.05) is 6.92 Å². The Morgan fingerprint density at radius 2 is 2.00 bits per heavy atom. The maximum atomic E-state index is 11.9. The fourth-order valence-electron chi connectivity index (χ4n) is 1.98. The molecule has 1 fully saturated rings. The van der Waals surface area contributed by atoms with E-state index in [0.717, 1.165) is 12.8 Å². The molecule has 3 heteroatoms. The summed E-state index contributed by atoms with van der Waals surface area (Å²) in [6.07, 6.45) is 5.68. The number of likely N-dealkylation sites (N-methyl/N-ethyl adjacent to an activating group) is 1. The molecular weight excluding hydrogens is 178 g/mol. The fraction of sp³-hybridized carbons (Fsp3) is 0.909. The molecule has 0 aliphatic heterocycles. The third kappa shape index (κ3) is 2.71. The summed E-state index contributed by atoms with van der Waals surface area (Å²) in [5, 5.41) is 8.96. The molecule has 1 aliphatic rings. The number of hydrogen-bond acceptors (Lipinski definition) is 2. The molecule has 1 amide bonds. The van der Waals surface area contributed by atoms with Crippen LogP contribution in [0.3, 0.4) is 0 Å². The van der Waals surface area contributed by atoms with E-state index < -0.39 is 0 Å². The lowest BCUT2D eigenvalue weighted by Gasteiger charge is -2.29. The first kappa shape index (κ1) is 11.5. The van der Waals surface area contributed by atoms with Gasteiger partial charge in [0.15, 0.2) is 0 Å². The van der Waals surface area contributed by atoms with E-state index >= 15 is 0 Å². The Morgan fingerprint density at radius 3 is 2.50 bits per heavy atom. The normalized spacial score (nSPS) is 20.5. The maximum Gasteiger partial charge on any atom is 0.225 e. The molecule has 1 rings (SSSR count). The van der Waals surface area contributed by atoms with Gasteiger partial charge in [-0.05, 0) is 19.8 Å². The number of aliphatic hydroxyl groups excluding tert-OH is 1. The van der Waals surface area contributed by atoms with Crippen molar-refractivity contribution in [3.8, 4) is 0 Å². The molecule has 3 nitrogen and oxygen atoms in total. The highest BCUT2D eigenvalue weighted by atomic mass is 16.3. The highest BCUT2D eigenvalue weighted by molar-refractivity contribution is 5.78. The molecule has 0 bridgehead atoms. The lowest BCUT2D eigenvalue weighted by molar-refractivity contribution is -0.137. The van der Waals surface area contributed by atoms with Crippen LogP contribution < -0.4 is 0 Å². The van der Waals surface area contributed by atoms with Crippen LogP contribution in [0.4, 0.5) is 0 Å². The zero-order valence-corrected chi connectivity index (χ0v) is 9.20. The van der Waals surface area contributed by atoms with Crippen LogP contribution in [0.25, 0.3) is 0 Å². The van der Waals surface area contributed by atoms with Crippen LogP contribution in [0.1, 0.15) is 39.0 Å². The average Bonchev–Trinajstić information content (AvgIpc) is 2.27. The molecule has 0 radical (unpaired) electrons. The van der Waals surface area contributed by atoms with Gasteiger partial charge in [-0.2, -0.15) is 0 Å². The zero-order chi connectivity index (χ0) is 10.6. The Morgan fingerprint density at radius 1 is 1.43 bits per heavy atom. The Labute approximate surface area is 86.1 Å². The Hall–Kier alpha value is -0.570. The molecule has 0 aromatic rings. The van der Waals surface area contributed by atoms with Gasteiger partial charge >= 0.3 is 0 Å². The van der Waals surface area contributed by atoms with Gasteiger partial charge in [0, 0.05) is 13.0 Å². The molecule has 1 atom stereocenters. The van der Waals surface area contributed by atoms with Gasteiger partial charge in [-0.15, -0.1) is 0 Å². The number of aliphatic hydroxyl groups is 1. The second kappa shape index (κ2) is 5.35. The third-order valence-corrected chi connectivity index (χ3v) is 3.23. The molecule has 1 unspecified atom stereocenters. The number of carbonyl (C=O) groups is 1. The van der Waals surface area contributed by atoms with Gasteiger partial charge in [0.2, 0.25) is 5.91 Å². The van der Waals surface area contributed by atoms with Crippen LogP contribution in [0.2, 0.25) is 0 Å². The highest BCUT2D eigenvalue weighted by Gasteiger charge is 2.25. The standard InChI is InChI=1S/C11H21NO2/c1-9(8-13)12(2)11(14)10-6-4-3-5-7-10/h9-10,13H,3-8H2,1-2H3. The second-order valence-electron chi connectivity index (χ2n) is 4.32. The molecular formula is C11H21NO2. The van der Waals surface area contributed by atoms with Crippen molar-refractivity contribution in [2.45, 2.75) is 45.1 Å². The fourth-order valence-corrected chi connectivity index (χ4v) is 1.98. The molecule has 0 heterocycles. The topological polar surface area (TPSA) is 40.5 Å². The van der Waals surface area contributed by atoms with Crippen LogP contribution in [0.15, 0.2) is 0 Å². The Bertz CT molecular complexity index is 184. The van der Waals surface area contributed by atoms with E-state index in [2.05, 4.69) is 0 Å². The van der Waals surface area contributed by atoms with E-state index in [4.69, 9.17) is 5.11 Å². The Balaban J connectivity index is 2.46. The van der Waals surface area contributed by atoms with Crippen molar-refractivity contribution in [3.05, 3.63) is 0 Å².